The molecule has 1 amide bonds. The van der Waals surface area contributed by atoms with Crippen molar-refractivity contribution >= 4 is 22.4 Å². The highest BCUT2D eigenvalue weighted by atomic mass is 32.1. The van der Waals surface area contributed by atoms with Crippen molar-refractivity contribution in [2.24, 2.45) is 0 Å². The lowest BCUT2D eigenvalue weighted by molar-refractivity contribution is -0.116. The van der Waals surface area contributed by atoms with Gasteiger partial charge >= 0.3 is 0 Å². The van der Waals surface area contributed by atoms with Crippen LogP contribution in [0.3, 0.4) is 0 Å². The Morgan fingerprint density at radius 3 is 2.92 bits per heavy atom. The number of aryl methyl sites for hydroxylation is 3. The smallest absolute Gasteiger partial charge is 0.226 e. The summed E-state index contributed by atoms with van der Waals surface area (Å²) in [6, 6.07) is 4.66. The molecular weight excluding hydrogens is 320 g/mol. The minimum atomic E-state index is 0.0124. The van der Waals surface area contributed by atoms with Crippen LogP contribution in [0.25, 0.3) is 0 Å². The summed E-state index contributed by atoms with van der Waals surface area (Å²) in [5.74, 6) is 0.0124. The number of likely N-dealkylation sites (tertiary alicyclic amines) is 1. The van der Waals surface area contributed by atoms with Gasteiger partial charge in [-0.3, -0.25) is 14.7 Å². The van der Waals surface area contributed by atoms with Gasteiger partial charge in [0.25, 0.3) is 0 Å². The summed E-state index contributed by atoms with van der Waals surface area (Å²) in [6.45, 7) is 5.14. The van der Waals surface area contributed by atoms with E-state index in [0.29, 0.717) is 17.6 Å². The molecule has 24 heavy (non-hydrogen) atoms. The first-order valence-electron chi connectivity index (χ1n) is 8.41. The average Bonchev–Trinajstić information content (AvgIpc) is 3.13. The number of anilines is 1. The Balaban J connectivity index is 1.62. The van der Waals surface area contributed by atoms with Gasteiger partial charge in [-0.2, -0.15) is 0 Å². The van der Waals surface area contributed by atoms with E-state index in [9.17, 15) is 4.79 Å². The molecule has 5 nitrogen and oxygen atoms in total. The Hall–Kier alpha value is -1.79. The number of thiazole rings is 1. The summed E-state index contributed by atoms with van der Waals surface area (Å²) < 4.78 is 0. The maximum Gasteiger partial charge on any atom is 0.226 e. The Bertz CT molecular complexity index is 728. The van der Waals surface area contributed by atoms with E-state index in [2.05, 4.69) is 34.4 Å². The van der Waals surface area contributed by atoms with Crippen molar-refractivity contribution in [1.29, 1.82) is 0 Å². The van der Waals surface area contributed by atoms with E-state index in [1.54, 1.807) is 6.20 Å². The van der Waals surface area contributed by atoms with Crippen molar-refractivity contribution in [3.05, 3.63) is 40.2 Å². The summed E-state index contributed by atoms with van der Waals surface area (Å²) in [5.41, 5.74) is 3.35. The van der Waals surface area contributed by atoms with E-state index in [4.69, 9.17) is 4.98 Å². The van der Waals surface area contributed by atoms with Gasteiger partial charge in [-0.25, -0.2) is 4.98 Å². The molecule has 1 N–H and O–H groups in total. The van der Waals surface area contributed by atoms with Crippen LogP contribution < -0.4 is 5.32 Å². The standard InChI is InChI=1S/C18H24N4OS/c1-12-9-14(10-15(20-12)16-5-4-8-22(16)3)6-7-17(23)21-18-19-11-13(2)24-18/h9-11,16H,4-8H2,1-3H3,(H,19,21,23). The average molecular weight is 344 g/mol. The lowest BCUT2D eigenvalue weighted by Gasteiger charge is -2.20. The van der Waals surface area contributed by atoms with Crippen molar-refractivity contribution in [3.63, 3.8) is 0 Å². The maximum atomic E-state index is 12.1. The van der Waals surface area contributed by atoms with Gasteiger partial charge in [0.1, 0.15) is 0 Å². The second-order valence-corrected chi connectivity index (χ2v) is 7.74. The zero-order chi connectivity index (χ0) is 17.1. The van der Waals surface area contributed by atoms with Crippen molar-refractivity contribution in [2.45, 2.75) is 45.6 Å². The molecule has 0 aliphatic carbocycles. The number of carbonyl (C=O) groups excluding carboxylic acids is 1. The van der Waals surface area contributed by atoms with E-state index in [1.807, 2.05) is 13.8 Å². The predicted molar refractivity (Wildman–Crippen MR) is 97.4 cm³/mol. The number of rotatable bonds is 5. The molecule has 0 aromatic carbocycles. The van der Waals surface area contributed by atoms with Gasteiger partial charge in [0.2, 0.25) is 5.91 Å². The van der Waals surface area contributed by atoms with Gasteiger partial charge in [0, 0.05) is 23.2 Å². The lowest BCUT2D eigenvalue weighted by atomic mass is 10.0. The number of carbonyl (C=O) groups is 1. The molecule has 1 aliphatic rings. The highest BCUT2D eigenvalue weighted by molar-refractivity contribution is 7.15. The number of hydrogen-bond acceptors (Lipinski definition) is 5. The lowest BCUT2D eigenvalue weighted by Crippen LogP contribution is -2.19. The minimum absolute atomic E-state index is 0.0124. The molecule has 0 radical (unpaired) electrons. The van der Waals surface area contributed by atoms with Crippen LogP contribution in [0.1, 0.15) is 47.1 Å². The van der Waals surface area contributed by atoms with Crippen LogP contribution in [0, 0.1) is 13.8 Å². The fourth-order valence-corrected chi connectivity index (χ4v) is 3.90. The number of aromatic nitrogens is 2. The first-order chi connectivity index (χ1) is 11.5. The van der Waals surface area contributed by atoms with Gasteiger partial charge in [-0.15, -0.1) is 11.3 Å². The van der Waals surface area contributed by atoms with Gasteiger partial charge < -0.3 is 5.32 Å². The van der Waals surface area contributed by atoms with Crippen LogP contribution in [0.5, 0.6) is 0 Å². The summed E-state index contributed by atoms with van der Waals surface area (Å²) in [4.78, 5) is 24.5. The maximum absolute atomic E-state index is 12.1. The van der Waals surface area contributed by atoms with Gasteiger partial charge in [-0.1, -0.05) is 0 Å². The molecule has 1 aliphatic heterocycles. The Labute approximate surface area is 147 Å². The molecule has 1 saturated heterocycles. The van der Waals surface area contributed by atoms with Crippen molar-refractivity contribution in [3.8, 4) is 0 Å². The SMILES string of the molecule is Cc1cc(CCC(=O)Nc2ncc(C)s2)cc(C2CCCN2C)n1. The van der Waals surface area contributed by atoms with E-state index in [1.165, 1.54) is 23.3 Å². The number of nitrogens with one attached hydrogen (secondary N) is 1. The third kappa shape index (κ3) is 4.19. The van der Waals surface area contributed by atoms with Crippen molar-refractivity contribution in [1.82, 2.24) is 14.9 Å². The van der Waals surface area contributed by atoms with Crippen LogP contribution in [-0.2, 0) is 11.2 Å². The van der Waals surface area contributed by atoms with E-state index < -0.39 is 0 Å². The molecule has 3 rings (SSSR count). The summed E-state index contributed by atoms with van der Waals surface area (Å²) in [6.07, 6.45) is 5.35. The zero-order valence-corrected chi connectivity index (χ0v) is 15.3. The molecule has 0 saturated carbocycles. The Morgan fingerprint density at radius 2 is 2.25 bits per heavy atom. The van der Waals surface area contributed by atoms with Crippen LogP contribution in [0.2, 0.25) is 0 Å². The second-order valence-electron chi connectivity index (χ2n) is 6.50. The molecule has 0 bridgehead atoms. The van der Waals surface area contributed by atoms with Gasteiger partial charge in [0.15, 0.2) is 5.13 Å². The third-order valence-corrected chi connectivity index (χ3v) is 5.23. The summed E-state index contributed by atoms with van der Waals surface area (Å²) in [7, 11) is 2.16. The number of nitrogens with zero attached hydrogens (tertiary/aromatic N) is 3. The Morgan fingerprint density at radius 1 is 1.42 bits per heavy atom. The second kappa shape index (κ2) is 7.40. The topological polar surface area (TPSA) is 58.1 Å². The summed E-state index contributed by atoms with van der Waals surface area (Å²) in [5, 5.41) is 3.55. The monoisotopic (exact) mass is 344 g/mol. The molecule has 128 valence electrons. The number of hydrogen-bond donors (Lipinski definition) is 1. The van der Waals surface area contributed by atoms with Gasteiger partial charge in [0.05, 0.1) is 11.7 Å². The fourth-order valence-electron chi connectivity index (χ4n) is 3.22. The van der Waals surface area contributed by atoms with E-state index in [0.717, 1.165) is 35.7 Å². The number of amides is 1. The van der Waals surface area contributed by atoms with Crippen molar-refractivity contribution in [2.75, 3.05) is 18.9 Å². The largest absolute Gasteiger partial charge is 0.302 e. The molecule has 1 atom stereocenters. The zero-order valence-electron chi connectivity index (χ0n) is 14.5. The minimum Gasteiger partial charge on any atom is -0.302 e. The molecule has 0 spiro atoms. The number of pyridine rings is 1. The first-order valence-corrected chi connectivity index (χ1v) is 9.23. The molecular formula is C18H24N4OS. The fraction of sp³-hybridized carbons (Fsp3) is 0.500. The Kier molecular flexibility index (Phi) is 5.26. The van der Waals surface area contributed by atoms with Crippen LogP contribution >= 0.6 is 11.3 Å². The van der Waals surface area contributed by atoms with Crippen LogP contribution in [0.15, 0.2) is 18.3 Å². The highest BCUT2D eigenvalue weighted by Crippen LogP contribution is 2.30. The van der Waals surface area contributed by atoms with E-state index >= 15 is 0 Å². The summed E-state index contributed by atoms with van der Waals surface area (Å²) >= 11 is 1.50. The quantitative estimate of drug-likeness (QED) is 0.902. The highest BCUT2D eigenvalue weighted by Gasteiger charge is 2.24. The molecule has 2 aromatic heterocycles. The molecule has 1 unspecified atom stereocenters. The van der Waals surface area contributed by atoms with E-state index in [-0.39, 0.29) is 5.91 Å². The molecule has 6 heteroatoms. The van der Waals surface area contributed by atoms with Gasteiger partial charge in [-0.05, 0) is 64.4 Å². The first kappa shape index (κ1) is 17.0. The van der Waals surface area contributed by atoms with Crippen LogP contribution in [0.4, 0.5) is 5.13 Å². The predicted octanol–water partition coefficient (Wildman–Crippen LogP) is 3.49. The molecule has 2 aromatic rings. The molecule has 1 fully saturated rings. The molecule has 3 heterocycles. The third-order valence-electron chi connectivity index (χ3n) is 4.40. The normalized spacial score (nSPS) is 18.0. The van der Waals surface area contributed by atoms with Crippen molar-refractivity contribution < 1.29 is 4.79 Å². The van der Waals surface area contributed by atoms with Crippen LogP contribution in [-0.4, -0.2) is 34.4 Å².